The highest BCUT2D eigenvalue weighted by Gasteiger charge is 2.24. The fraction of sp³-hybridized carbons (Fsp3) is 0.692. The zero-order valence-corrected chi connectivity index (χ0v) is 12.3. The molecule has 0 amide bonds. The third kappa shape index (κ3) is 3.26. The summed E-state index contributed by atoms with van der Waals surface area (Å²) in [5.74, 6) is 2.89. The van der Waals surface area contributed by atoms with E-state index in [-0.39, 0.29) is 5.56 Å². The average molecular weight is 300 g/mol. The van der Waals surface area contributed by atoms with Crippen molar-refractivity contribution in [1.82, 2.24) is 9.78 Å². The van der Waals surface area contributed by atoms with E-state index in [0.717, 1.165) is 18.7 Å². The van der Waals surface area contributed by atoms with Crippen LogP contribution in [0, 0.1) is 5.92 Å². The van der Waals surface area contributed by atoms with Gasteiger partial charge in [0.1, 0.15) is 5.69 Å². The lowest BCUT2D eigenvalue weighted by Crippen LogP contribution is -2.32. The van der Waals surface area contributed by atoms with Gasteiger partial charge in [0, 0.05) is 18.3 Å². The van der Waals surface area contributed by atoms with Gasteiger partial charge in [0.25, 0.3) is 5.56 Å². The van der Waals surface area contributed by atoms with E-state index >= 15 is 0 Å². The molecular weight excluding hydrogens is 282 g/mol. The summed E-state index contributed by atoms with van der Waals surface area (Å²) in [4.78, 5) is 12.4. The number of hydrogen-bond acceptors (Lipinski definition) is 4. The molecule has 1 aliphatic carbocycles. The maximum absolute atomic E-state index is 12.4. The number of halogens is 1. The van der Waals surface area contributed by atoms with Gasteiger partial charge < -0.3 is 5.32 Å². The lowest BCUT2D eigenvalue weighted by Gasteiger charge is -2.23. The SMILES string of the molecule is O=c1c(NC2CCCSC2)c(Cl)cnn1CC1CC1. The molecule has 19 heavy (non-hydrogen) atoms. The Hall–Kier alpha value is -0.680. The Bertz CT molecular complexity index is 509. The summed E-state index contributed by atoms with van der Waals surface area (Å²) < 4.78 is 1.56. The predicted molar refractivity (Wildman–Crippen MR) is 80.2 cm³/mol. The van der Waals surface area contributed by atoms with Crippen LogP contribution in [0.4, 0.5) is 5.69 Å². The van der Waals surface area contributed by atoms with Crippen molar-refractivity contribution in [3.05, 3.63) is 21.6 Å². The minimum atomic E-state index is -0.0741. The third-order valence-electron chi connectivity index (χ3n) is 3.63. The smallest absolute Gasteiger partial charge is 0.291 e. The monoisotopic (exact) mass is 299 g/mol. The zero-order chi connectivity index (χ0) is 13.2. The first-order valence-electron chi connectivity index (χ1n) is 6.84. The van der Waals surface area contributed by atoms with Gasteiger partial charge in [-0.25, -0.2) is 4.68 Å². The summed E-state index contributed by atoms with van der Waals surface area (Å²) in [5.41, 5.74) is 0.458. The van der Waals surface area contributed by atoms with Crippen molar-refractivity contribution in [3.8, 4) is 0 Å². The van der Waals surface area contributed by atoms with Gasteiger partial charge in [-0.2, -0.15) is 16.9 Å². The van der Waals surface area contributed by atoms with E-state index in [0.29, 0.717) is 22.7 Å². The van der Waals surface area contributed by atoms with E-state index in [4.69, 9.17) is 11.6 Å². The summed E-state index contributed by atoms with van der Waals surface area (Å²) in [6.07, 6.45) is 6.30. The summed E-state index contributed by atoms with van der Waals surface area (Å²) in [6.45, 7) is 0.726. The number of hydrogen-bond donors (Lipinski definition) is 1. The van der Waals surface area contributed by atoms with Crippen molar-refractivity contribution in [1.29, 1.82) is 0 Å². The first kappa shape index (κ1) is 13.3. The van der Waals surface area contributed by atoms with E-state index in [1.54, 1.807) is 10.9 Å². The quantitative estimate of drug-likeness (QED) is 0.928. The van der Waals surface area contributed by atoms with E-state index in [2.05, 4.69) is 10.4 Å². The van der Waals surface area contributed by atoms with Gasteiger partial charge in [0.2, 0.25) is 0 Å². The van der Waals surface area contributed by atoms with Crippen molar-refractivity contribution >= 4 is 29.1 Å². The normalized spacial score (nSPS) is 23.3. The fourth-order valence-corrected chi connectivity index (χ4v) is 3.58. The molecule has 2 fully saturated rings. The van der Waals surface area contributed by atoms with Crippen LogP contribution in [-0.4, -0.2) is 27.3 Å². The molecule has 1 N–H and O–H groups in total. The molecule has 0 aromatic carbocycles. The molecule has 3 rings (SSSR count). The van der Waals surface area contributed by atoms with Crippen molar-refractivity contribution in [2.75, 3.05) is 16.8 Å². The Morgan fingerprint density at radius 1 is 1.47 bits per heavy atom. The molecule has 2 aliphatic rings. The minimum Gasteiger partial charge on any atom is -0.376 e. The van der Waals surface area contributed by atoms with Crippen LogP contribution < -0.4 is 10.9 Å². The van der Waals surface area contributed by atoms with Gasteiger partial charge in [-0.1, -0.05) is 11.6 Å². The summed E-state index contributed by atoms with van der Waals surface area (Å²) >= 11 is 8.06. The second kappa shape index (κ2) is 5.75. The fourth-order valence-electron chi connectivity index (χ4n) is 2.33. The molecule has 1 atom stereocenters. The van der Waals surface area contributed by atoms with E-state index < -0.39 is 0 Å². The molecule has 1 aromatic rings. The minimum absolute atomic E-state index is 0.0741. The predicted octanol–water partition coefficient (Wildman–Crippen LogP) is 2.61. The van der Waals surface area contributed by atoms with Crippen LogP contribution in [0.25, 0.3) is 0 Å². The van der Waals surface area contributed by atoms with Crippen LogP contribution in [0.2, 0.25) is 5.02 Å². The number of anilines is 1. The molecule has 6 heteroatoms. The molecular formula is C13H18ClN3OS. The summed E-state index contributed by atoms with van der Waals surface area (Å²) in [6, 6.07) is 0.348. The maximum atomic E-state index is 12.4. The van der Waals surface area contributed by atoms with Gasteiger partial charge >= 0.3 is 0 Å². The average Bonchev–Trinajstić information content (AvgIpc) is 3.23. The summed E-state index contributed by atoms with van der Waals surface area (Å²) in [7, 11) is 0. The number of thioether (sulfide) groups is 1. The molecule has 4 nitrogen and oxygen atoms in total. The van der Waals surface area contributed by atoms with Crippen LogP contribution in [0.3, 0.4) is 0 Å². The molecule has 104 valence electrons. The van der Waals surface area contributed by atoms with Crippen LogP contribution in [-0.2, 0) is 6.54 Å². The number of nitrogens with zero attached hydrogens (tertiary/aromatic N) is 2. The molecule has 1 saturated carbocycles. The maximum Gasteiger partial charge on any atom is 0.291 e. The van der Waals surface area contributed by atoms with Crippen LogP contribution in [0.5, 0.6) is 0 Å². The Morgan fingerprint density at radius 2 is 2.32 bits per heavy atom. The standard InChI is InChI=1S/C13H18ClN3OS/c14-11-6-15-17(7-9-3-4-9)13(18)12(11)16-10-2-1-5-19-8-10/h6,9-10,16H,1-5,7-8H2. The largest absolute Gasteiger partial charge is 0.376 e. The zero-order valence-electron chi connectivity index (χ0n) is 10.8. The highest BCUT2D eigenvalue weighted by molar-refractivity contribution is 7.99. The molecule has 1 unspecified atom stereocenters. The van der Waals surface area contributed by atoms with E-state index in [1.165, 1.54) is 25.0 Å². The van der Waals surface area contributed by atoms with Crippen molar-refractivity contribution in [2.45, 2.75) is 38.3 Å². The van der Waals surface area contributed by atoms with Gasteiger partial charge in [0.15, 0.2) is 0 Å². The molecule has 0 radical (unpaired) electrons. The van der Waals surface area contributed by atoms with Gasteiger partial charge in [-0.15, -0.1) is 0 Å². The van der Waals surface area contributed by atoms with Crippen molar-refractivity contribution < 1.29 is 0 Å². The molecule has 0 spiro atoms. The first-order chi connectivity index (χ1) is 9.24. The van der Waals surface area contributed by atoms with Crippen LogP contribution in [0.15, 0.2) is 11.0 Å². The molecule has 1 aliphatic heterocycles. The Kier molecular flexibility index (Phi) is 4.03. The highest BCUT2D eigenvalue weighted by atomic mass is 35.5. The third-order valence-corrected chi connectivity index (χ3v) is 5.14. The lowest BCUT2D eigenvalue weighted by molar-refractivity contribution is 0.533. The molecule has 2 heterocycles. The molecule has 1 saturated heterocycles. The highest BCUT2D eigenvalue weighted by Crippen LogP contribution is 2.30. The topological polar surface area (TPSA) is 46.9 Å². The number of rotatable bonds is 4. The van der Waals surface area contributed by atoms with Crippen molar-refractivity contribution in [3.63, 3.8) is 0 Å². The number of nitrogens with one attached hydrogen (secondary N) is 1. The van der Waals surface area contributed by atoms with Gasteiger partial charge in [-0.05, 0) is 37.4 Å². The second-order valence-corrected chi connectivity index (χ2v) is 6.91. The van der Waals surface area contributed by atoms with Crippen molar-refractivity contribution in [2.24, 2.45) is 5.92 Å². The van der Waals surface area contributed by atoms with Crippen LogP contribution in [0.1, 0.15) is 25.7 Å². The van der Waals surface area contributed by atoms with Gasteiger partial charge in [-0.3, -0.25) is 4.79 Å². The Morgan fingerprint density at radius 3 is 3.00 bits per heavy atom. The second-order valence-electron chi connectivity index (χ2n) is 5.36. The van der Waals surface area contributed by atoms with Gasteiger partial charge in [0.05, 0.1) is 11.2 Å². The summed E-state index contributed by atoms with van der Waals surface area (Å²) in [5, 5.41) is 7.90. The Labute approximate surface area is 121 Å². The Balaban J connectivity index is 1.79. The van der Waals surface area contributed by atoms with E-state index in [9.17, 15) is 4.79 Å². The lowest BCUT2D eigenvalue weighted by atomic mass is 10.2. The first-order valence-corrected chi connectivity index (χ1v) is 8.37. The molecule has 0 bridgehead atoms. The number of aromatic nitrogens is 2. The van der Waals surface area contributed by atoms with E-state index in [1.807, 2.05) is 11.8 Å². The van der Waals surface area contributed by atoms with Crippen LogP contribution >= 0.6 is 23.4 Å². The molecule has 1 aromatic heterocycles.